The minimum Gasteiger partial charge on any atom is -0.493 e. The minimum absolute atomic E-state index is 0.0925. The molecule has 0 aliphatic rings. The van der Waals surface area contributed by atoms with Crippen molar-refractivity contribution in [2.75, 3.05) is 18.9 Å². The van der Waals surface area contributed by atoms with Gasteiger partial charge in [0.15, 0.2) is 0 Å². The Balaban J connectivity index is 1.37. The lowest BCUT2D eigenvalue weighted by Gasteiger charge is -2.25. The molecule has 2 N–H and O–H groups in total. The second-order valence-corrected chi connectivity index (χ2v) is 14.2. The second-order valence-electron chi connectivity index (χ2n) is 11.9. The summed E-state index contributed by atoms with van der Waals surface area (Å²) in [5.74, 6) is -0.538. The van der Waals surface area contributed by atoms with E-state index in [-0.39, 0.29) is 30.4 Å². The first-order valence-electron chi connectivity index (χ1n) is 16.0. The van der Waals surface area contributed by atoms with E-state index in [1.54, 1.807) is 23.0 Å². The molecule has 0 bridgehead atoms. The van der Waals surface area contributed by atoms with Crippen molar-refractivity contribution < 1.29 is 23.1 Å². The van der Waals surface area contributed by atoms with Gasteiger partial charge in [-0.25, -0.2) is 17.9 Å². The topological polar surface area (TPSA) is 115 Å². The van der Waals surface area contributed by atoms with Crippen LogP contribution in [0.4, 0.5) is 0 Å². The molecule has 2 heterocycles. The Morgan fingerprint density at radius 3 is 2.22 bits per heavy atom. The molecule has 252 valence electrons. The zero-order valence-electron chi connectivity index (χ0n) is 27.0. The summed E-state index contributed by atoms with van der Waals surface area (Å²) in [6, 6.07) is 32.4. The zero-order valence-corrected chi connectivity index (χ0v) is 28.6. The summed E-state index contributed by atoms with van der Waals surface area (Å²) in [6.45, 7) is 2.66. The second kappa shape index (κ2) is 15.1. The highest BCUT2D eigenvalue weighted by Crippen LogP contribution is 2.37. The fraction of sp³-hybridized carbons (Fsp3) is 0.211. The lowest BCUT2D eigenvalue weighted by Crippen LogP contribution is -2.31. The summed E-state index contributed by atoms with van der Waals surface area (Å²) >= 11 is 6.60. The smallest absolute Gasteiger partial charge is 0.335 e. The molecular formula is C38H37ClN4O5S. The molecule has 0 radical (unpaired) electrons. The van der Waals surface area contributed by atoms with Crippen LogP contribution in [0.1, 0.15) is 44.3 Å². The molecule has 49 heavy (non-hydrogen) atoms. The maximum atomic E-state index is 13.1. The molecule has 0 saturated carbocycles. The Bertz CT molecular complexity index is 2110. The summed E-state index contributed by atoms with van der Waals surface area (Å²) in [4.78, 5) is 11.3. The average Bonchev–Trinajstić information content (AvgIpc) is 3.65. The number of carbonyl (C=O) groups is 1. The van der Waals surface area contributed by atoms with E-state index in [1.807, 2.05) is 67.7 Å². The van der Waals surface area contributed by atoms with Gasteiger partial charge in [0.05, 0.1) is 36.7 Å². The number of nitrogens with zero attached hydrogens (tertiary/aromatic N) is 3. The Kier molecular flexibility index (Phi) is 10.5. The van der Waals surface area contributed by atoms with E-state index in [0.29, 0.717) is 30.2 Å². The lowest BCUT2D eigenvalue weighted by atomic mass is 9.97. The third-order valence-corrected chi connectivity index (χ3v) is 10.0. The van der Waals surface area contributed by atoms with E-state index in [4.69, 9.17) is 16.3 Å². The molecule has 0 saturated heterocycles. The molecule has 0 amide bonds. The third kappa shape index (κ3) is 8.22. The van der Waals surface area contributed by atoms with Crippen molar-refractivity contribution in [3.05, 3.63) is 154 Å². The lowest BCUT2D eigenvalue weighted by molar-refractivity contribution is 0.0697. The van der Waals surface area contributed by atoms with Gasteiger partial charge >= 0.3 is 5.97 Å². The standard InChI is InChI=1S/C38H37ClN4O5S/c1-27-25-40-42(26-27)21-23-49(46,47)41-20-18-36-33(19-22-48-32-15-12-30(13-16-32)38(44)45)34-24-31(39)14-17-35(34)43(36)37(28-8-4-2-5-9-28)29-10-6-3-7-11-29/h2-17,24-26,37,41H,18-23H2,1H3,(H,44,45). The number of fused-ring (bicyclic) bond motifs is 1. The number of aryl methyl sites for hydroxylation is 2. The van der Waals surface area contributed by atoms with Gasteiger partial charge in [0, 0.05) is 47.2 Å². The number of rotatable bonds is 15. The van der Waals surface area contributed by atoms with Crippen molar-refractivity contribution >= 4 is 38.5 Å². The van der Waals surface area contributed by atoms with Gasteiger partial charge in [-0.1, -0.05) is 72.3 Å². The van der Waals surface area contributed by atoms with E-state index in [9.17, 15) is 18.3 Å². The predicted octanol–water partition coefficient (Wildman–Crippen LogP) is 6.92. The first-order chi connectivity index (χ1) is 23.7. The molecule has 6 rings (SSSR count). The van der Waals surface area contributed by atoms with Gasteiger partial charge in [0.2, 0.25) is 10.0 Å². The Morgan fingerprint density at radius 1 is 0.939 bits per heavy atom. The number of carboxylic acids is 1. The van der Waals surface area contributed by atoms with Crippen LogP contribution >= 0.6 is 11.6 Å². The van der Waals surface area contributed by atoms with Crippen molar-refractivity contribution in [3.63, 3.8) is 0 Å². The molecule has 9 nitrogen and oxygen atoms in total. The van der Waals surface area contributed by atoms with Crippen LogP contribution in [0, 0.1) is 6.92 Å². The third-order valence-electron chi connectivity index (χ3n) is 8.43. The first kappa shape index (κ1) is 34.0. The van der Waals surface area contributed by atoms with Crippen LogP contribution in [-0.2, 0) is 29.4 Å². The van der Waals surface area contributed by atoms with Crippen LogP contribution < -0.4 is 9.46 Å². The summed E-state index contributed by atoms with van der Waals surface area (Å²) in [5.41, 5.74) is 6.25. The first-order valence-corrected chi connectivity index (χ1v) is 18.1. The highest BCUT2D eigenvalue weighted by molar-refractivity contribution is 7.89. The number of ether oxygens (including phenoxy) is 1. The summed E-state index contributed by atoms with van der Waals surface area (Å²) in [7, 11) is -3.60. The number of aromatic nitrogens is 3. The Hall–Kier alpha value is -4.90. The van der Waals surface area contributed by atoms with Crippen LogP contribution in [0.5, 0.6) is 5.75 Å². The van der Waals surface area contributed by atoms with E-state index in [0.717, 1.165) is 38.9 Å². The van der Waals surface area contributed by atoms with E-state index >= 15 is 0 Å². The predicted molar refractivity (Wildman–Crippen MR) is 192 cm³/mol. The van der Waals surface area contributed by atoms with Crippen LogP contribution in [0.2, 0.25) is 5.02 Å². The van der Waals surface area contributed by atoms with Crippen LogP contribution in [0.25, 0.3) is 10.9 Å². The fourth-order valence-corrected chi connectivity index (χ4v) is 7.33. The summed E-state index contributed by atoms with van der Waals surface area (Å²) < 4.78 is 39.1. The summed E-state index contributed by atoms with van der Waals surface area (Å²) in [6.07, 6.45) is 4.44. The normalized spacial score (nSPS) is 11.7. The van der Waals surface area contributed by atoms with Crippen LogP contribution in [-0.4, -0.2) is 52.7 Å². The van der Waals surface area contributed by atoms with Crippen LogP contribution in [0.15, 0.2) is 116 Å². The van der Waals surface area contributed by atoms with Crippen molar-refractivity contribution in [3.8, 4) is 5.75 Å². The molecule has 2 aromatic heterocycles. The average molecular weight is 697 g/mol. The molecule has 11 heteroatoms. The number of hydrogen-bond acceptors (Lipinski definition) is 5. The monoisotopic (exact) mass is 696 g/mol. The molecule has 6 aromatic rings. The van der Waals surface area contributed by atoms with E-state index in [2.05, 4.69) is 38.7 Å². The zero-order chi connectivity index (χ0) is 34.4. The van der Waals surface area contributed by atoms with Gasteiger partial charge in [-0.05, 0) is 71.6 Å². The van der Waals surface area contributed by atoms with Crippen molar-refractivity contribution in [1.82, 2.24) is 19.1 Å². The van der Waals surface area contributed by atoms with Gasteiger partial charge in [0.25, 0.3) is 0 Å². The van der Waals surface area contributed by atoms with E-state index in [1.165, 1.54) is 12.1 Å². The van der Waals surface area contributed by atoms with Gasteiger partial charge in [0.1, 0.15) is 5.75 Å². The molecule has 4 aromatic carbocycles. The SMILES string of the molecule is Cc1cnn(CCS(=O)(=O)NCCc2c(CCOc3ccc(C(=O)O)cc3)c3cc(Cl)ccc3n2C(c2ccccc2)c2ccccc2)c1. The van der Waals surface area contributed by atoms with E-state index < -0.39 is 16.0 Å². The van der Waals surface area contributed by atoms with Crippen molar-refractivity contribution in [2.45, 2.75) is 32.4 Å². The Morgan fingerprint density at radius 2 is 1.61 bits per heavy atom. The number of halogens is 1. The van der Waals surface area contributed by atoms with Crippen molar-refractivity contribution in [2.24, 2.45) is 0 Å². The van der Waals surface area contributed by atoms with Gasteiger partial charge in [-0.15, -0.1) is 0 Å². The van der Waals surface area contributed by atoms with Gasteiger partial charge in [-0.3, -0.25) is 4.68 Å². The number of benzene rings is 4. The maximum absolute atomic E-state index is 13.1. The summed E-state index contributed by atoms with van der Waals surface area (Å²) in [5, 5.41) is 15.0. The Labute approximate surface area is 290 Å². The molecular weight excluding hydrogens is 660 g/mol. The number of aromatic carboxylic acids is 1. The molecule has 0 fully saturated rings. The number of nitrogens with one attached hydrogen (secondary N) is 1. The van der Waals surface area contributed by atoms with Gasteiger partial charge < -0.3 is 14.4 Å². The number of sulfonamides is 1. The number of hydrogen-bond donors (Lipinski definition) is 2. The molecule has 0 unspecified atom stereocenters. The molecule has 0 aliphatic carbocycles. The highest BCUT2D eigenvalue weighted by Gasteiger charge is 2.26. The van der Waals surface area contributed by atoms with Crippen molar-refractivity contribution in [1.29, 1.82) is 0 Å². The van der Waals surface area contributed by atoms with Gasteiger partial charge in [-0.2, -0.15) is 5.10 Å². The maximum Gasteiger partial charge on any atom is 0.335 e. The highest BCUT2D eigenvalue weighted by atomic mass is 35.5. The quantitative estimate of drug-likeness (QED) is 0.121. The van der Waals surface area contributed by atoms with Crippen LogP contribution in [0.3, 0.4) is 0 Å². The molecule has 0 aliphatic heterocycles. The number of carboxylic acid groups (broad SMARTS) is 1. The fourth-order valence-electron chi connectivity index (χ4n) is 6.18. The minimum atomic E-state index is -3.60. The molecule has 0 atom stereocenters. The molecule has 0 spiro atoms. The largest absolute Gasteiger partial charge is 0.493 e.